The summed E-state index contributed by atoms with van der Waals surface area (Å²) in [5.41, 5.74) is 0.614. The zero-order valence-corrected chi connectivity index (χ0v) is 10.9. The van der Waals surface area contributed by atoms with Gasteiger partial charge < -0.3 is 10.6 Å². The standard InChI is InChI=1S/C15H16N2O2/c1-10(2)16-14(18)15(19)17-13-8-7-11-5-3-4-6-12(11)9-13/h3-10H,1-2H3,(H,16,18)(H,17,19). The van der Waals surface area contributed by atoms with E-state index in [9.17, 15) is 9.59 Å². The molecule has 0 saturated carbocycles. The summed E-state index contributed by atoms with van der Waals surface area (Å²) >= 11 is 0. The number of amides is 2. The Hall–Kier alpha value is -2.36. The van der Waals surface area contributed by atoms with Crippen molar-refractivity contribution in [2.45, 2.75) is 19.9 Å². The van der Waals surface area contributed by atoms with Crippen molar-refractivity contribution >= 4 is 28.3 Å². The quantitative estimate of drug-likeness (QED) is 0.810. The molecule has 2 aromatic rings. The molecular weight excluding hydrogens is 240 g/mol. The normalized spacial score (nSPS) is 10.5. The summed E-state index contributed by atoms with van der Waals surface area (Å²) in [7, 11) is 0. The largest absolute Gasteiger partial charge is 0.346 e. The van der Waals surface area contributed by atoms with E-state index in [0.29, 0.717) is 5.69 Å². The van der Waals surface area contributed by atoms with Gasteiger partial charge in [-0.2, -0.15) is 0 Å². The third-order valence-electron chi connectivity index (χ3n) is 2.63. The molecule has 2 rings (SSSR count). The molecule has 4 nitrogen and oxygen atoms in total. The van der Waals surface area contributed by atoms with Crippen molar-refractivity contribution in [3.8, 4) is 0 Å². The van der Waals surface area contributed by atoms with Gasteiger partial charge in [-0.3, -0.25) is 9.59 Å². The molecule has 0 heterocycles. The second-order valence-corrected chi connectivity index (χ2v) is 4.64. The fourth-order valence-electron chi connectivity index (χ4n) is 1.78. The topological polar surface area (TPSA) is 58.2 Å². The molecule has 0 atom stereocenters. The Kier molecular flexibility index (Phi) is 3.80. The van der Waals surface area contributed by atoms with Crippen LogP contribution in [0.25, 0.3) is 10.8 Å². The Labute approximate surface area is 111 Å². The maximum Gasteiger partial charge on any atom is 0.313 e. The Morgan fingerprint density at radius 2 is 1.63 bits per heavy atom. The highest BCUT2D eigenvalue weighted by atomic mass is 16.2. The van der Waals surface area contributed by atoms with Crippen LogP contribution < -0.4 is 10.6 Å². The number of nitrogens with one attached hydrogen (secondary N) is 2. The molecule has 0 aliphatic rings. The van der Waals surface area contributed by atoms with Crippen LogP contribution in [0.3, 0.4) is 0 Å². The summed E-state index contributed by atoms with van der Waals surface area (Å²) in [6.07, 6.45) is 0. The minimum atomic E-state index is -0.649. The van der Waals surface area contributed by atoms with Crippen LogP contribution in [0.4, 0.5) is 5.69 Å². The summed E-state index contributed by atoms with van der Waals surface area (Å²) in [6, 6.07) is 13.3. The highest BCUT2D eigenvalue weighted by Gasteiger charge is 2.14. The maximum atomic E-state index is 11.7. The first kappa shape index (κ1) is 13.1. The lowest BCUT2D eigenvalue weighted by atomic mass is 10.1. The minimum absolute atomic E-state index is 0.0603. The first-order valence-electron chi connectivity index (χ1n) is 6.17. The van der Waals surface area contributed by atoms with Crippen molar-refractivity contribution < 1.29 is 9.59 Å². The molecule has 0 aliphatic heterocycles. The van der Waals surface area contributed by atoms with E-state index in [1.54, 1.807) is 19.9 Å². The molecule has 0 bridgehead atoms. The van der Waals surface area contributed by atoms with Crippen LogP contribution in [0.1, 0.15) is 13.8 Å². The molecular formula is C15H16N2O2. The lowest BCUT2D eigenvalue weighted by Gasteiger charge is -2.09. The molecule has 0 radical (unpaired) electrons. The van der Waals surface area contributed by atoms with Crippen molar-refractivity contribution in [3.05, 3.63) is 42.5 Å². The zero-order valence-electron chi connectivity index (χ0n) is 10.9. The van der Waals surface area contributed by atoms with Crippen LogP contribution in [0.5, 0.6) is 0 Å². The average molecular weight is 256 g/mol. The van der Waals surface area contributed by atoms with Crippen LogP contribution in [-0.2, 0) is 9.59 Å². The van der Waals surface area contributed by atoms with Gasteiger partial charge in [0.2, 0.25) is 0 Å². The van der Waals surface area contributed by atoms with Crippen molar-refractivity contribution in [3.63, 3.8) is 0 Å². The molecule has 2 amide bonds. The van der Waals surface area contributed by atoms with Gasteiger partial charge in [-0.1, -0.05) is 30.3 Å². The monoisotopic (exact) mass is 256 g/mol. The molecule has 0 aromatic heterocycles. The van der Waals surface area contributed by atoms with Gasteiger partial charge >= 0.3 is 11.8 Å². The fraction of sp³-hybridized carbons (Fsp3) is 0.200. The van der Waals surface area contributed by atoms with E-state index in [1.165, 1.54) is 0 Å². The highest BCUT2D eigenvalue weighted by Crippen LogP contribution is 2.18. The van der Waals surface area contributed by atoms with E-state index >= 15 is 0 Å². The van der Waals surface area contributed by atoms with Crippen LogP contribution in [0, 0.1) is 0 Å². The molecule has 0 fully saturated rings. The molecule has 98 valence electrons. The fourth-order valence-corrected chi connectivity index (χ4v) is 1.78. The Morgan fingerprint density at radius 1 is 0.947 bits per heavy atom. The van der Waals surface area contributed by atoms with E-state index in [0.717, 1.165) is 10.8 Å². The molecule has 2 N–H and O–H groups in total. The number of rotatable bonds is 2. The lowest BCUT2D eigenvalue weighted by molar-refractivity contribution is -0.136. The van der Waals surface area contributed by atoms with Gasteiger partial charge in [0.25, 0.3) is 0 Å². The number of hydrogen-bond acceptors (Lipinski definition) is 2. The van der Waals surface area contributed by atoms with E-state index in [4.69, 9.17) is 0 Å². The third kappa shape index (κ3) is 3.31. The molecule has 0 saturated heterocycles. The molecule has 19 heavy (non-hydrogen) atoms. The first-order chi connectivity index (χ1) is 9.06. The van der Waals surface area contributed by atoms with Crippen LogP contribution in [0.2, 0.25) is 0 Å². The summed E-state index contributed by atoms with van der Waals surface area (Å²) < 4.78 is 0. The lowest BCUT2D eigenvalue weighted by Crippen LogP contribution is -2.39. The smallest absolute Gasteiger partial charge is 0.313 e. The summed E-state index contributed by atoms with van der Waals surface area (Å²) in [4.78, 5) is 23.2. The Balaban J connectivity index is 2.13. The van der Waals surface area contributed by atoms with Crippen molar-refractivity contribution in [2.24, 2.45) is 0 Å². The van der Waals surface area contributed by atoms with Gasteiger partial charge in [-0.05, 0) is 36.8 Å². The predicted octanol–water partition coefficient (Wildman–Crippen LogP) is 2.30. The average Bonchev–Trinajstić information content (AvgIpc) is 2.37. The number of benzene rings is 2. The second kappa shape index (κ2) is 5.52. The Bertz CT molecular complexity index is 620. The van der Waals surface area contributed by atoms with Crippen molar-refractivity contribution in [2.75, 3.05) is 5.32 Å². The van der Waals surface area contributed by atoms with E-state index < -0.39 is 11.8 Å². The van der Waals surface area contributed by atoms with E-state index in [2.05, 4.69) is 10.6 Å². The number of fused-ring (bicyclic) bond motifs is 1. The molecule has 0 aliphatic carbocycles. The van der Waals surface area contributed by atoms with Crippen molar-refractivity contribution in [1.82, 2.24) is 5.32 Å². The molecule has 2 aromatic carbocycles. The molecule has 0 spiro atoms. The van der Waals surface area contributed by atoms with Crippen LogP contribution in [-0.4, -0.2) is 17.9 Å². The van der Waals surface area contributed by atoms with Gasteiger partial charge in [-0.15, -0.1) is 0 Å². The second-order valence-electron chi connectivity index (χ2n) is 4.64. The number of anilines is 1. The number of carbonyl (C=O) groups excluding carboxylic acids is 2. The van der Waals surface area contributed by atoms with Gasteiger partial charge in [0.1, 0.15) is 0 Å². The van der Waals surface area contributed by atoms with Crippen LogP contribution >= 0.6 is 0 Å². The summed E-state index contributed by atoms with van der Waals surface area (Å²) in [6.45, 7) is 3.61. The van der Waals surface area contributed by atoms with Gasteiger partial charge in [-0.25, -0.2) is 0 Å². The number of hydrogen-bond donors (Lipinski definition) is 2. The molecule has 4 heteroatoms. The van der Waals surface area contributed by atoms with E-state index in [-0.39, 0.29) is 6.04 Å². The van der Waals surface area contributed by atoms with Crippen LogP contribution in [0.15, 0.2) is 42.5 Å². The van der Waals surface area contributed by atoms with Crippen molar-refractivity contribution in [1.29, 1.82) is 0 Å². The predicted molar refractivity (Wildman–Crippen MR) is 75.9 cm³/mol. The van der Waals surface area contributed by atoms with Gasteiger partial charge in [0.05, 0.1) is 0 Å². The summed E-state index contributed by atoms with van der Waals surface area (Å²) in [5, 5.41) is 7.25. The number of carbonyl (C=O) groups is 2. The highest BCUT2D eigenvalue weighted by molar-refractivity contribution is 6.39. The maximum absolute atomic E-state index is 11.7. The minimum Gasteiger partial charge on any atom is -0.346 e. The summed E-state index contributed by atoms with van der Waals surface area (Å²) in [5.74, 6) is -1.27. The first-order valence-corrected chi connectivity index (χ1v) is 6.17. The van der Waals surface area contributed by atoms with Gasteiger partial charge in [0, 0.05) is 11.7 Å². The molecule has 0 unspecified atom stereocenters. The Morgan fingerprint density at radius 3 is 2.32 bits per heavy atom. The zero-order chi connectivity index (χ0) is 13.8. The van der Waals surface area contributed by atoms with E-state index in [1.807, 2.05) is 36.4 Å². The van der Waals surface area contributed by atoms with Gasteiger partial charge in [0.15, 0.2) is 0 Å². The SMILES string of the molecule is CC(C)NC(=O)C(=O)Nc1ccc2ccccc2c1. The third-order valence-corrected chi connectivity index (χ3v) is 2.63.